The number of aryl methyl sites for hydroxylation is 3. The minimum Gasteiger partial charge on any atom is -0.414 e. The van der Waals surface area contributed by atoms with E-state index < -0.39 is 15.8 Å². The Morgan fingerprint density at radius 1 is 1.12 bits per heavy atom. The van der Waals surface area contributed by atoms with Gasteiger partial charge in [-0.25, -0.2) is 12.8 Å². The number of hydrogen-bond donors (Lipinski definition) is 0. The molecule has 0 saturated carbocycles. The Bertz CT molecular complexity index is 1420. The van der Waals surface area contributed by atoms with Crippen LogP contribution in [0.1, 0.15) is 22.7 Å². The molecule has 0 unspecified atom stereocenters. The van der Waals surface area contributed by atoms with E-state index in [1.807, 2.05) is 0 Å². The maximum Gasteiger partial charge on any atom is 0.268 e. The molecule has 0 bridgehead atoms. The van der Waals surface area contributed by atoms with E-state index in [0.717, 1.165) is 5.69 Å². The average Bonchev–Trinajstić information content (AvgIpc) is 3.46. The molecule has 1 aromatic carbocycles. The highest BCUT2D eigenvalue weighted by molar-refractivity contribution is 7.89. The van der Waals surface area contributed by atoms with Crippen molar-refractivity contribution in [3.8, 4) is 23.0 Å². The first-order chi connectivity index (χ1) is 15.3. The molecule has 166 valence electrons. The number of halogens is 1. The number of hydrogen-bond acceptors (Lipinski definition) is 8. The number of benzene rings is 1. The van der Waals surface area contributed by atoms with Crippen LogP contribution >= 0.6 is 0 Å². The van der Waals surface area contributed by atoms with Crippen LogP contribution in [-0.4, -0.2) is 44.4 Å². The summed E-state index contributed by atoms with van der Waals surface area (Å²) < 4.78 is 54.5. The van der Waals surface area contributed by atoms with Crippen molar-refractivity contribution in [1.82, 2.24) is 29.4 Å². The van der Waals surface area contributed by atoms with E-state index >= 15 is 0 Å². The molecule has 3 aromatic heterocycles. The van der Waals surface area contributed by atoms with Gasteiger partial charge in [-0.05, 0) is 26.0 Å². The molecular weight excluding hydrogens is 439 g/mol. The molecule has 1 aliphatic rings. The molecule has 0 saturated heterocycles. The van der Waals surface area contributed by atoms with E-state index in [2.05, 4.69) is 20.5 Å². The van der Waals surface area contributed by atoms with Gasteiger partial charge in [0.25, 0.3) is 11.8 Å². The topological polar surface area (TPSA) is 120 Å². The van der Waals surface area contributed by atoms with Gasteiger partial charge in [-0.1, -0.05) is 17.3 Å². The number of nitrogens with zero attached hydrogens (tertiary/aromatic N) is 6. The summed E-state index contributed by atoms with van der Waals surface area (Å²) in [5, 5.41) is 16.2. The molecular formula is C20H19FN6O4S. The molecule has 0 aliphatic carbocycles. The van der Waals surface area contributed by atoms with Crippen molar-refractivity contribution in [2.24, 2.45) is 7.05 Å². The van der Waals surface area contributed by atoms with E-state index in [-0.39, 0.29) is 41.1 Å². The third-order valence-corrected chi connectivity index (χ3v) is 7.60. The molecule has 0 spiro atoms. The second-order valence-electron chi connectivity index (χ2n) is 7.53. The molecule has 10 nitrogen and oxygen atoms in total. The van der Waals surface area contributed by atoms with Gasteiger partial charge < -0.3 is 8.94 Å². The Kier molecular flexibility index (Phi) is 4.71. The summed E-state index contributed by atoms with van der Waals surface area (Å²) in [7, 11) is -2.06. The number of sulfonamides is 1. The first-order valence-electron chi connectivity index (χ1n) is 9.84. The van der Waals surface area contributed by atoms with Crippen LogP contribution in [0.4, 0.5) is 4.39 Å². The molecule has 4 heterocycles. The zero-order valence-corrected chi connectivity index (χ0v) is 18.3. The number of fused-ring (bicyclic) bond motifs is 1. The molecule has 4 aromatic rings. The molecule has 12 heteroatoms. The van der Waals surface area contributed by atoms with Crippen molar-refractivity contribution < 1.29 is 21.7 Å². The maximum absolute atomic E-state index is 14.1. The summed E-state index contributed by atoms with van der Waals surface area (Å²) in [5.41, 5.74) is 2.40. The summed E-state index contributed by atoms with van der Waals surface area (Å²) in [6, 6.07) is 6.08. The van der Waals surface area contributed by atoms with Crippen LogP contribution in [0, 0.1) is 19.7 Å². The third-order valence-electron chi connectivity index (χ3n) is 5.50. The van der Waals surface area contributed by atoms with E-state index in [1.54, 1.807) is 43.8 Å². The summed E-state index contributed by atoms with van der Waals surface area (Å²) in [4.78, 5) is 0.0750. The molecule has 0 atom stereocenters. The van der Waals surface area contributed by atoms with Gasteiger partial charge in [-0.3, -0.25) is 4.68 Å². The van der Waals surface area contributed by atoms with Crippen LogP contribution in [-0.2, 0) is 30.0 Å². The lowest BCUT2D eigenvalue weighted by molar-refractivity contribution is 0.379. The van der Waals surface area contributed by atoms with Gasteiger partial charge in [0, 0.05) is 37.8 Å². The minimum absolute atomic E-state index is 0.0218. The Balaban J connectivity index is 1.53. The Hall–Kier alpha value is -3.38. The molecule has 0 amide bonds. The fraction of sp³-hybridized carbons (Fsp3) is 0.300. The highest BCUT2D eigenvalue weighted by Crippen LogP contribution is 2.34. The number of rotatable bonds is 4. The van der Waals surface area contributed by atoms with Crippen molar-refractivity contribution in [3.05, 3.63) is 52.8 Å². The van der Waals surface area contributed by atoms with Gasteiger partial charge in [0.2, 0.25) is 10.0 Å². The van der Waals surface area contributed by atoms with Gasteiger partial charge in [-0.15, -0.1) is 10.2 Å². The largest absolute Gasteiger partial charge is 0.414 e. The summed E-state index contributed by atoms with van der Waals surface area (Å²) in [5.74, 6) is -0.126. The smallest absolute Gasteiger partial charge is 0.268 e. The van der Waals surface area contributed by atoms with E-state index in [9.17, 15) is 12.8 Å². The first kappa shape index (κ1) is 20.5. The average molecular weight is 458 g/mol. The van der Waals surface area contributed by atoms with Crippen LogP contribution in [0.15, 0.2) is 38.1 Å². The summed E-state index contributed by atoms with van der Waals surface area (Å²) >= 11 is 0. The third kappa shape index (κ3) is 3.14. The zero-order valence-electron chi connectivity index (χ0n) is 17.5. The maximum atomic E-state index is 14.1. The summed E-state index contributed by atoms with van der Waals surface area (Å²) in [6.07, 6.45) is 0.454. The van der Waals surface area contributed by atoms with E-state index in [4.69, 9.17) is 8.94 Å². The predicted octanol–water partition coefficient (Wildman–Crippen LogP) is 2.63. The Morgan fingerprint density at radius 3 is 2.59 bits per heavy atom. The van der Waals surface area contributed by atoms with Crippen LogP contribution < -0.4 is 0 Å². The highest BCUT2D eigenvalue weighted by Gasteiger charge is 2.36. The van der Waals surface area contributed by atoms with Gasteiger partial charge in [0.1, 0.15) is 16.4 Å². The highest BCUT2D eigenvalue weighted by atomic mass is 32.2. The summed E-state index contributed by atoms with van der Waals surface area (Å²) in [6.45, 7) is 3.52. The van der Waals surface area contributed by atoms with Gasteiger partial charge in [-0.2, -0.15) is 9.40 Å². The van der Waals surface area contributed by atoms with E-state index in [1.165, 1.54) is 10.4 Å². The SMILES string of the molecule is Cc1noc(C)c1S(=O)(=O)N1CCc2c(c(-c3nnc(-c4ccccc4F)o3)nn2C)C1. The monoisotopic (exact) mass is 458 g/mol. The normalized spacial score (nSPS) is 14.6. The molecule has 1 aliphatic heterocycles. The van der Waals surface area contributed by atoms with Crippen molar-refractivity contribution in [1.29, 1.82) is 0 Å². The lowest BCUT2D eigenvalue weighted by Gasteiger charge is -2.26. The second-order valence-corrected chi connectivity index (χ2v) is 9.41. The van der Waals surface area contributed by atoms with Crippen molar-refractivity contribution in [2.75, 3.05) is 6.54 Å². The first-order valence-corrected chi connectivity index (χ1v) is 11.3. The van der Waals surface area contributed by atoms with Crippen LogP contribution in [0.2, 0.25) is 0 Å². The second kappa shape index (κ2) is 7.35. The zero-order chi connectivity index (χ0) is 22.6. The lowest BCUT2D eigenvalue weighted by Crippen LogP contribution is -2.36. The Labute approximate surface area is 182 Å². The quantitative estimate of drug-likeness (QED) is 0.458. The molecule has 0 radical (unpaired) electrons. The van der Waals surface area contributed by atoms with E-state index in [0.29, 0.717) is 23.4 Å². The molecule has 5 rings (SSSR count). The van der Waals surface area contributed by atoms with Gasteiger partial charge >= 0.3 is 0 Å². The van der Waals surface area contributed by atoms with Crippen molar-refractivity contribution in [3.63, 3.8) is 0 Å². The Morgan fingerprint density at radius 2 is 1.88 bits per heavy atom. The molecule has 0 fully saturated rings. The van der Waals surface area contributed by atoms with Crippen LogP contribution in [0.5, 0.6) is 0 Å². The van der Waals surface area contributed by atoms with Crippen molar-refractivity contribution >= 4 is 10.0 Å². The number of aromatic nitrogens is 5. The lowest BCUT2D eigenvalue weighted by atomic mass is 10.1. The fourth-order valence-electron chi connectivity index (χ4n) is 3.98. The minimum atomic E-state index is -3.83. The molecule has 0 N–H and O–H groups in total. The molecule has 32 heavy (non-hydrogen) atoms. The predicted molar refractivity (Wildman–Crippen MR) is 109 cm³/mol. The van der Waals surface area contributed by atoms with Crippen molar-refractivity contribution in [2.45, 2.75) is 31.7 Å². The van der Waals surface area contributed by atoms with Crippen LogP contribution in [0.25, 0.3) is 23.0 Å². The van der Waals surface area contributed by atoms with Crippen LogP contribution in [0.3, 0.4) is 0 Å². The standard InChI is InChI=1S/C20H19FN6O4S/c1-11-18(12(2)31-25-11)32(28,29)27-9-8-16-14(10-27)17(24-26(16)3)20-23-22-19(30-20)13-6-4-5-7-15(13)21/h4-7H,8-10H2,1-3H3. The fourth-order valence-corrected chi connectivity index (χ4v) is 5.68. The van der Waals surface area contributed by atoms with Gasteiger partial charge in [0.15, 0.2) is 11.5 Å². The van der Waals surface area contributed by atoms with Gasteiger partial charge in [0.05, 0.1) is 5.56 Å².